The maximum Gasteiger partial charge on any atom is 0.307 e. The summed E-state index contributed by atoms with van der Waals surface area (Å²) in [5, 5.41) is 0. The zero-order valence-corrected chi connectivity index (χ0v) is 11.9. The van der Waals surface area contributed by atoms with E-state index in [1.165, 1.54) is 11.3 Å². The lowest BCUT2D eigenvalue weighted by Crippen LogP contribution is -2.15. The highest BCUT2D eigenvalue weighted by molar-refractivity contribution is 7.09. The summed E-state index contributed by atoms with van der Waals surface area (Å²) in [5.74, 6) is 5.84. The standard InChI is InChI=1S/C15H16N2OS/c1-11-12(2)19-15(18)17(11)10-14-6-3-5-13(9-14)7-4-8-16/h3,5-6,9H,8,10,16H2,1-2H3. The molecule has 0 unspecified atom stereocenters. The number of nitrogens with two attached hydrogens (primary N) is 1. The molecule has 4 heteroatoms. The molecule has 0 radical (unpaired) electrons. The lowest BCUT2D eigenvalue weighted by molar-refractivity contribution is 0.751. The quantitative estimate of drug-likeness (QED) is 0.849. The molecule has 0 fully saturated rings. The Morgan fingerprint density at radius 2 is 2.16 bits per heavy atom. The van der Waals surface area contributed by atoms with Crippen LogP contribution in [0.1, 0.15) is 21.7 Å². The average Bonchev–Trinajstić information content (AvgIpc) is 2.64. The smallest absolute Gasteiger partial charge is 0.307 e. The van der Waals surface area contributed by atoms with E-state index < -0.39 is 0 Å². The number of benzene rings is 1. The summed E-state index contributed by atoms with van der Waals surface area (Å²) in [6, 6.07) is 7.91. The zero-order chi connectivity index (χ0) is 13.8. The van der Waals surface area contributed by atoms with Crippen molar-refractivity contribution in [2.24, 2.45) is 5.73 Å². The topological polar surface area (TPSA) is 48.0 Å². The Hall–Kier alpha value is -1.83. The SMILES string of the molecule is Cc1sc(=O)n(Cc2cccc(C#CCN)c2)c1C. The fourth-order valence-corrected chi connectivity index (χ4v) is 2.68. The number of nitrogens with zero attached hydrogens (tertiary/aromatic N) is 1. The van der Waals surface area contributed by atoms with Crippen LogP contribution in [0.2, 0.25) is 0 Å². The highest BCUT2D eigenvalue weighted by Gasteiger charge is 2.07. The number of aromatic nitrogens is 1. The number of hydrogen-bond donors (Lipinski definition) is 1. The summed E-state index contributed by atoms with van der Waals surface area (Å²) in [6.45, 7) is 4.89. The van der Waals surface area contributed by atoms with Crippen LogP contribution in [0.25, 0.3) is 0 Å². The van der Waals surface area contributed by atoms with Gasteiger partial charge >= 0.3 is 4.87 Å². The molecule has 3 nitrogen and oxygen atoms in total. The van der Waals surface area contributed by atoms with Gasteiger partial charge < -0.3 is 5.73 Å². The summed E-state index contributed by atoms with van der Waals surface area (Å²) < 4.78 is 1.80. The Balaban J connectivity index is 2.31. The van der Waals surface area contributed by atoms with Gasteiger partial charge in [0, 0.05) is 16.1 Å². The zero-order valence-electron chi connectivity index (χ0n) is 11.1. The monoisotopic (exact) mass is 272 g/mol. The molecular formula is C15H16N2OS. The molecular weight excluding hydrogens is 256 g/mol. The maximum absolute atomic E-state index is 11.9. The lowest BCUT2D eigenvalue weighted by Gasteiger charge is -2.05. The number of hydrogen-bond acceptors (Lipinski definition) is 3. The van der Waals surface area contributed by atoms with E-state index in [0.717, 1.165) is 21.7 Å². The van der Waals surface area contributed by atoms with Gasteiger partial charge in [-0.2, -0.15) is 0 Å². The summed E-state index contributed by atoms with van der Waals surface area (Å²) in [6.07, 6.45) is 0. The van der Waals surface area contributed by atoms with Gasteiger partial charge in [-0.3, -0.25) is 9.36 Å². The first-order valence-corrected chi connectivity index (χ1v) is 6.88. The van der Waals surface area contributed by atoms with Crippen molar-refractivity contribution in [1.82, 2.24) is 4.57 Å². The molecule has 0 amide bonds. The molecule has 2 N–H and O–H groups in total. The average molecular weight is 272 g/mol. The third-order valence-electron chi connectivity index (χ3n) is 2.98. The van der Waals surface area contributed by atoms with Crippen LogP contribution in [-0.4, -0.2) is 11.1 Å². The van der Waals surface area contributed by atoms with Crippen molar-refractivity contribution in [1.29, 1.82) is 0 Å². The lowest BCUT2D eigenvalue weighted by atomic mass is 10.1. The molecule has 98 valence electrons. The van der Waals surface area contributed by atoms with E-state index in [-0.39, 0.29) is 4.87 Å². The summed E-state index contributed by atoms with van der Waals surface area (Å²) in [4.78, 5) is 13.0. The molecule has 0 atom stereocenters. The van der Waals surface area contributed by atoms with Crippen LogP contribution in [0.4, 0.5) is 0 Å². The van der Waals surface area contributed by atoms with Crippen molar-refractivity contribution < 1.29 is 0 Å². The molecule has 0 saturated heterocycles. The van der Waals surface area contributed by atoms with Crippen molar-refractivity contribution in [3.05, 3.63) is 55.6 Å². The van der Waals surface area contributed by atoms with Crippen LogP contribution in [0, 0.1) is 25.7 Å². The number of rotatable bonds is 2. The van der Waals surface area contributed by atoms with E-state index in [2.05, 4.69) is 11.8 Å². The highest BCUT2D eigenvalue weighted by Crippen LogP contribution is 2.12. The first-order chi connectivity index (χ1) is 9.11. The Morgan fingerprint density at radius 3 is 2.79 bits per heavy atom. The Morgan fingerprint density at radius 1 is 1.37 bits per heavy atom. The van der Waals surface area contributed by atoms with E-state index in [1.807, 2.05) is 38.1 Å². The van der Waals surface area contributed by atoms with E-state index >= 15 is 0 Å². The van der Waals surface area contributed by atoms with Gasteiger partial charge in [-0.25, -0.2) is 0 Å². The highest BCUT2D eigenvalue weighted by atomic mass is 32.1. The molecule has 2 rings (SSSR count). The molecule has 0 aliphatic heterocycles. The maximum atomic E-state index is 11.9. The van der Waals surface area contributed by atoms with E-state index in [0.29, 0.717) is 13.1 Å². The molecule has 2 aromatic rings. The van der Waals surface area contributed by atoms with Crippen LogP contribution in [-0.2, 0) is 6.54 Å². The van der Waals surface area contributed by atoms with Crippen LogP contribution in [0.15, 0.2) is 29.1 Å². The van der Waals surface area contributed by atoms with E-state index in [9.17, 15) is 4.79 Å². The molecule has 0 aliphatic carbocycles. The summed E-state index contributed by atoms with van der Waals surface area (Å²) >= 11 is 1.30. The second-order valence-corrected chi connectivity index (χ2v) is 5.47. The number of aryl methyl sites for hydroxylation is 1. The van der Waals surface area contributed by atoms with Gasteiger partial charge in [-0.05, 0) is 31.5 Å². The van der Waals surface area contributed by atoms with Gasteiger partial charge in [0.15, 0.2) is 0 Å². The Kier molecular flexibility index (Phi) is 4.20. The first kappa shape index (κ1) is 13.6. The van der Waals surface area contributed by atoms with Gasteiger partial charge in [0.1, 0.15) is 0 Å². The van der Waals surface area contributed by atoms with Crippen molar-refractivity contribution in [3.63, 3.8) is 0 Å². The normalized spacial score (nSPS) is 10.1. The molecule has 0 bridgehead atoms. The molecule has 19 heavy (non-hydrogen) atoms. The second kappa shape index (κ2) is 5.87. The van der Waals surface area contributed by atoms with Crippen LogP contribution in [0.5, 0.6) is 0 Å². The predicted molar refractivity (Wildman–Crippen MR) is 79.5 cm³/mol. The van der Waals surface area contributed by atoms with Crippen LogP contribution in [0.3, 0.4) is 0 Å². The van der Waals surface area contributed by atoms with Crippen LogP contribution < -0.4 is 10.6 Å². The van der Waals surface area contributed by atoms with Gasteiger partial charge in [0.05, 0.1) is 13.1 Å². The molecule has 1 aromatic carbocycles. The van der Waals surface area contributed by atoms with E-state index in [1.54, 1.807) is 4.57 Å². The Labute approximate surface area is 116 Å². The van der Waals surface area contributed by atoms with Crippen molar-refractivity contribution in [2.45, 2.75) is 20.4 Å². The molecule has 1 heterocycles. The van der Waals surface area contributed by atoms with Gasteiger partial charge in [-0.15, -0.1) is 0 Å². The minimum absolute atomic E-state index is 0.0912. The molecule has 0 spiro atoms. The van der Waals surface area contributed by atoms with Gasteiger partial charge in [0.25, 0.3) is 0 Å². The molecule has 0 saturated carbocycles. The fourth-order valence-electron chi connectivity index (χ4n) is 1.85. The summed E-state index contributed by atoms with van der Waals surface area (Å²) in [5.41, 5.74) is 8.41. The molecule has 1 aromatic heterocycles. The van der Waals surface area contributed by atoms with Gasteiger partial charge in [0.2, 0.25) is 0 Å². The minimum Gasteiger partial charge on any atom is -0.320 e. The predicted octanol–water partition coefficient (Wildman–Crippen LogP) is 1.89. The first-order valence-electron chi connectivity index (χ1n) is 6.06. The largest absolute Gasteiger partial charge is 0.320 e. The van der Waals surface area contributed by atoms with E-state index in [4.69, 9.17) is 5.73 Å². The van der Waals surface area contributed by atoms with Crippen LogP contribution >= 0.6 is 11.3 Å². The third kappa shape index (κ3) is 3.14. The van der Waals surface area contributed by atoms with Crippen molar-refractivity contribution >= 4 is 11.3 Å². The summed E-state index contributed by atoms with van der Waals surface area (Å²) in [7, 11) is 0. The second-order valence-electron chi connectivity index (χ2n) is 4.30. The van der Waals surface area contributed by atoms with Crippen molar-refractivity contribution in [3.8, 4) is 11.8 Å². The Bertz CT molecular complexity index is 701. The van der Waals surface area contributed by atoms with Gasteiger partial charge in [-0.1, -0.05) is 35.3 Å². The fraction of sp³-hybridized carbons (Fsp3) is 0.267. The van der Waals surface area contributed by atoms with Crippen molar-refractivity contribution in [2.75, 3.05) is 6.54 Å². The number of thiazole rings is 1. The third-order valence-corrected chi connectivity index (χ3v) is 3.97. The minimum atomic E-state index is 0.0912. The molecule has 0 aliphatic rings.